The number of benzene rings is 1. The highest BCUT2D eigenvalue weighted by atomic mass is 32.2. The number of amides is 1. The van der Waals surface area contributed by atoms with Gasteiger partial charge in [0.2, 0.25) is 5.91 Å². The van der Waals surface area contributed by atoms with E-state index in [1.807, 2.05) is 41.3 Å². The van der Waals surface area contributed by atoms with Gasteiger partial charge in [0.1, 0.15) is 0 Å². The lowest BCUT2D eigenvalue weighted by molar-refractivity contribution is -0.121. The molecular weight excluding hydrogens is 360 g/mol. The van der Waals surface area contributed by atoms with Gasteiger partial charge in [-0.15, -0.1) is 0 Å². The van der Waals surface area contributed by atoms with E-state index in [1.165, 1.54) is 11.3 Å². The number of nitrogens with one attached hydrogen (secondary N) is 1. The zero-order valence-corrected chi connectivity index (χ0v) is 15.9. The predicted molar refractivity (Wildman–Crippen MR) is 102 cm³/mol. The molecule has 128 valence electrons. The van der Waals surface area contributed by atoms with Crippen molar-refractivity contribution in [3.8, 4) is 0 Å². The second-order valence-electron chi connectivity index (χ2n) is 5.75. The molecule has 1 aromatic heterocycles. The van der Waals surface area contributed by atoms with E-state index < -0.39 is 0 Å². The average molecular weight is 381 g/mol. The number of thioether (sulfide) groups is 1. The largest absolute Gasteiger partial charge is 0.326 e. The summed E-state index contributed by atoms with van der Waals surface area (Å²) >= 11 is 8.52. The van der Waals surface area contributed by atoms with Crippen molar-refractivity contribution >= 4 is 46.9 Å². The van der Waals surface area contributed by atoms with Gasteiger partial charge >= 0.3 is 0 Å². The first-order valence-electron chi connectivity index (χ1n) is 7.86. The molecule has 1 N–H and O–H groups in total. The van der Waals surface area contributed by atoms with Crippen LogP contribution in [0.2, 0.25) is 0 Å². The van der Waals surface area contributed by atoms with Crippen molar-refractivity contribution in [3.63, 3.8) is 0 Å². The number of nitrogens with zero attached hydrogens (tertiary/aromatic N) is 3. The molecule has 1 fully saturated rings. The predicted octanol–water partition coefficient (Wildman–Crippen LogP) is 3.70. The fourth-order valence-corrected chi connectivity index (χ4v) is 4.55. The van der Waals surface area contributed by atoms with Gasteiger partial charge in [-0.05, 0) is 50.0 Å². The number of hydrogen-bond donors (Lipinski definition) is 1. The van der Waals surface area contributed by atoms with Gasteiger partial charge in [0.15, 0.2) is 8.29 Å². The van der Waals surface area contributed by atoms with Crippen LogP contribution in [0.4, 0.5) is 5.69 Å². The Hall–Kier alpha value is -1.22. The normalized spacial score (nSPS) is 18.5. The summed E-state index contributed by atoms with van der Waals surface area (Å²) in [6.07, 6.45) is 3.94. The Morgan fingerprint density at radius 2 is 2.25 bits per heavy atom. The lowest BCUT2D eigenvalue weighted by Crippen LogP contribution is -2.41. The van der Waals surface area contributed by atoms with Crippen LogP contribution in [0.1, 0.15) is 12.8 Å². The van der Waals surface area contributed by atoms with E-state index in [9.17, 15) is 4.79 Å². The van der Waals surface area contributed by atoms with Crippen molar-refractivity contribution in [3.05, 3.63) is 34.3 Å². The Labute approximate surface area is 155 Å². The lowest BCUT2D eigenvalue weighted by atomic mass is 9.97. The highest BCUT2D eigenvalue weighted by Gasteiger charge is 2.26. The van der Waals surface area contributed by atoms with Crippen LogP contribution in [-0.4, -0.2) is 39.9 Å². The molecule has 5 nitrogen and oxygen atoms in total. The Morgan fingerprint density at radius 1 is 1.46 bits per heavy atom. The third-order valence-electron chi connectivity index (χ3n) is 4.01. The number of carbonyl (C=O) groups excluding carboxylic acids is 1. The fourth-order valence-electron chi connectivity index (χ4n) is 2.81. The summed E-state index contributed by atoms with van der Waals surface area (Å²) in [6, 6.07) is 9.62. The van der Waals surface area contributed by atoms with Crippen LogP contribution in [0.5, 0.6) is 0 Å². The Morgan fingerprint density at radius 3 is 2.96 bits per heavy atom. The second kappa shape index (κ2) is 8.24. The van der Waals surface area contributed by atoms with Crippen LogP contribution in [0.15, 0.2) is 34.7 Å². The van der Waals surface area contributed by atoms with Crippen LogP contribution < -0.4 is 5.32 Å². The molecule has 1 aliphatic heterocycles. The topological polar surface area (TPSA) is 50.2 Å². The number of hydrogen-bond acceptors (Lipinski definition) is 6. The van der Waals surface area contributed by atoms with Crippen LogP contribution in [0.3, 0.4) is 0 Å². The molecule has 1 saturated heterocycles. The number of para-hydroxylation sites is 1. The molecule has 3 rings (SSSR count). The van der Waals surface area contributed by atoms with E-state index in [0.29, 0.717) is 6.67 Å². The van der Waals surface area contributed by atoms with Gasteiger partial charge in [-0.2, -0.15) is 5.10 Å². The second-order valence-corrected chi connectivity index (χ2v) is 8.43. The van der Waals surface area contributed by atoms with Gasteiger partial charge in [0.25, 0.3) is 0 Å². The van der Waals surface area contributed by atoms with E-state index >= 15 is 0 Å². The number of rotatable bonds is 5. The summed E-state index contributed by atoms with van der Waals surface area (Å²) in [6.45, 7) is 2.38. The fraction of sp³-hybridized carbons (Fsp3) is 0.438. The van der Waals surface area contributed by atoms with Crippen molar-refractivity contribution in [2.75, 3.05) is 24.7 Å². The summed E-state index contributed by atoms with van der Waals surface area (Å²) in [5.74, 6) is 0.101. The molecule has 0 aliphatic carbocycles. The first-order chi connectivity index (χ1) is 11.7. The van der Waals surface area contributed by atoms with Gasteiger partial charge < -0.3 is 5.32 Å². The summed E-state index contributed by atoms with van der Waals surface area (Å²) in [7, 11) is 0. The Kier molecular flexibility index (Phi) is 6.04. The van der Waals surface area contributed by atoms with Crippen LogP contribution in [0, 0.1) is 9.87 Å². The first kappa shape index (κ1) is 17.6. The quantitative estimate of drug-likeness (QED) is 0.633. The summed E-state index contributed by atoms with van der Waals surface area (Å²) in [5.41, 5.74) is 0.853. The number of carbonyl (C=O) groups is 1. The molecule has 1 aliphatic rings. The highest BCUT2D eigenvalue weighted by molar-refractivity contribution is 8.00. The van der Waals surface area contributed by atoms with Gasteiger partial charge in [0, 0.05) is 12.2 Å². The molecule has 2 heterocycles. The number of piperidine rings is 1. The summed E-state index contributed by atoms with van der Waals surface area (Å²) < 4.78 is 3.63. The zero-order valence-electron chi connectivity index (χ0n) is 13.5. The molecule has 1 atom stereocenters. The van der Waals surface area contributed by atoms with E-state index in [1.54, 1.807) is 11.8 Å². The lowest BCUT2D eigenvalue weighted by Gasteiger charge is -2.31. The van der Waals surface area contributed by atoms with E-state index in [2.05, 4.69) is 15.3 Å². The zero-order chi connectivity index (χ0) is 16.9. The minimum absolute atomic E-state index is 0.00628. The average Bonchev–Trinajstić information content (AvgIpc) is 2.96. The van der Waals surface area contributed by atoms with Gasteiger partial charge in [0.05, 0.1) is 12.6 Å². The molecule has 0 radical (unpaired) electrons. The van der Waals surface area contributed by atoms with Gasteiger partial charge in [-0.3, -0.25) is 9.69 Å². The number of anilines is 1. The first-order valence-corrected chi connectivity index (χ1v) is 10.3. The molecule has 24 heavy (non-hydrogen) atoms. The summed E-state index contributed by atoms with van der Waals surface area (Å²) in [5, 5.41) is 7.52. The molecule has 2 aromatic rings. The molecule has 8 heteroatoms. The minimum Gasteiger partial charge on any atom is -0.326 e. The number of likely N-dealkylation sites (tertiary alicyclic amines) is 1. The van der Waals surface area contributed by atoms with E-state index in [4.69, 9.17) is 12.2 Å². The molecule has 1 amide bonds. The monoisotopic (exact) mass is 380 g/mol. The van der Waals surface area contributed by atoms with Crippen molar-refractivity contribution < 1.29 is 4.79 Å². The highest BCUT2D eigenvalue weighted by Crippen LogP contribution is 2.22. The van der Waals surface area contributed by atoms with Crippen LogP contribution in [0.25, 0.3) is 0 Å². The molecule has 0 spiro atoms. The molecule has 0 saturated carbocycles. The van der Waals surface area contributed by atoms with Crippen molar-refractivity contribution in [2.45, 2.75) is 23.8 Å². The van der Waals surface area contributed by atoms with Crippen molar-refractivity contribution in [2.24, 2.45) is 5.92 Å². The standard InChI is InChI=1S/C16H20N4OS3/c1-23-15-18-20(16(22)24-15)11-19-9-5-6-12(10-19)14(21)17-13-7-3-2-4-8-13/h2-4,7-8,12H,5-6,9-11H2,1H3,(H,17,21). The molecule has 1 unspecified atom stereocenters. The Balaban J connectivity index is 1.60. The third-order valence-corrected chi connectivity index (χ3v) is 6.30. The number of aromatic nitrogens is 2. The maximum Gasteiger partial charge on any atom is 0.228 e. The van der Waals surface area contributed by atoms with Crippen molar-refractivity contribution in [1.82, 2.24) is 14.7 Å². The maximum atomic E-state index is 12.5. The Bertz CT molecular complexity index is 743. The molecular formula is C16H20N4OS3. The van der Waals surface area contributed by atoms with Gasteiger partial charge in [-0.25, -0.2) is 4.68 Å². The smallest absolute Gasteiger partial charge is 0.228 e. The third kappa shape index (κ3) is 4.44. The summed E-state index contributed by atoms with van der Waals surface area (Å²) in [4.78, 5) is 14.8. The van der Waals surface area contributed by atoms with Gasteiger partial charge in [-0.1, -0.05) is 41.3 Å². The van der Waals surface area contributed by atoms with E-state index in [-0.39, 0.29) is 11.8 Å². The molecule has 1 aromatic carbocycles. The SMILES string of the molecule is CSc1nn(CN2CCCC(C(=O)Nc3ccccc3)C2)c(=S)s1. The van der Waals surface area contributed by atoms with E-state index in [0.717, 1.165) is 39.9 Å². The maximum absolute atomic E-state index is 12.5. The molecule has 0 bridgehead atoms. The van der Waals surface area contributed by atoms with Crippen LogP contribution in [-0.2, 0) is 11.5 Å². The minimum atomic E-state index is 0.00628. The van der Waals surface area contributed by atoms with Crippen molar-refractivity contribution in [1.29, 1.82) is 0 Å². The van der Waals surface area contributed by atoms with Crippen LogP contribution >= 0.6 is 35.3 Å².